The van der Waals surface area contributed by atoms with Crippen LogP contribution < -0.4 is 0 Å². The number of hydrogen-bond donors (Lipinski definition) is 1. The van der Waals surface area contributed by atoms with E-state index in [-0.39, 0.29) is 10.6 Å². The van der Waals surface area contributed by atoms with Crippen molar-refractivity contribution in [3.8, 4) is 0 Å². The third-order valence-corrected chi connectivity index (χ3v) is 4.86. The van der Waals surface area contributed by atoms with Gasteiger partial charge in [0.15, 0.2) is 9.84 Å². The molecule has 1 aromatic rings. The molecular formula is C11H12ClFO4S. The maximum absolute atomic E-state index is 13.1. The van der Waals surface area contributed by atoms with Gasteiger partial charge in [0.2, 0.25) is 0 Å². The van der Waals surface area contributed by atoms with Crippen molar-refractivity contribution in [1.29, 1.82) is 0 Å². The predicted molar refractivity (Wildman–Crippen MR) is 65.7 cm³/mol. The van der Waals surface area contributed by atoms with Crippen LogP contribution in [0.15, 0.2) is 18.2 Å². The third-order valence-electron chi connectivity index (χ3n) is 2.43. The van der Waals surface area contributed by atoms with E-state index in [1.807, 2.05) is 0 Å². The fourth-order valence-corrected chi connectivity index (χ4v) is 2.82. The quantitative estimate of drug-likeness (QED) is 0.904. The largest absolute Gasteiger partial charge is 0.481 e. The van der Waals surface area contributed by atoms with Crippen LogP contribution in [0.4, 0.5) is 4.39 Å². The van der Waals surface area contributed by atoms with Gasteiger partial charge >= 0.3 is 5.97 Å². The van der Waals surface area contributed by atoms with Gasteiger partial charge in [-0.3, -0.25) is 4.79 Å². The highest BCUT2D eigenvalue weighted by Gasteiger charge is 2.24. The first-order valence-electron chi connectivity index (χ1n) is 5.09. The molecule has 0 fully saturated rings. The van der Waals surface area contributed by atoms with E-state index in [1.54, 1.807) is 0 Å². The van der Waals surface area contributed by atoms with Crippen LogP contribution in [-0.4, -0.2) is 24.7 Å². The van der Waals surface area contributed by atoms with Gasteiger partial charge in [-0.25, -0.2) is 12.8 Å². The second kappa shape index (κ2) is 5.67. The molecule has 0 aliphatic rings. The Labute approximate surface area is 109 Å². The molecule has 0 amide bonds. The molecule has 0 bridgehead atoms. The zero-order valence-corrected chi connectivity index (χ0v) is 11.1. The summed E-state index contributed by atoms with van der Waals surface area (Å²) in [5, 5.41) is 7.44. The van der Waals surface area contributed by atoms with Crippen molar-refractivity contribution >= 4 is 27.4 Å². The highest BCUT2D eigenvalue weighted by molar-refractivity contribution is 7.91. The number of halogens is 2. The number of aliphatic carboxylic acids is 1. The Balaban J connectivity index is 2.88. The van der Waals surface area contributed by atoms with E-state index in [2.05, 4.69) is 0 Å². The number of benzene rings is 1. The lowest BCUT2D eigenvalue weighted by atomic mass is 10.2. The summed E-state index contributed by atoms with van der Waals surface area (Å²) in [5.41, 5.74) is 0.245. The summed E-state index contributed by atoms with van der Waals surface area (Å²) < 4.78 is 36.8. The normalized spacial score (nSPS) is 13.3. The second-order valence-electron chi connectivity index (χ2n) is 3.96. The van der Waals surface area contributed by atoms with Gasteiger partial charge in [-0.2, -0.15) is 0 Å². The molecule has 1 atom stereocenters. The van der Waals surface area contributed by atoms with Gasteiger partial charge < -0.3 is 5.11 Å². The van der Waals surface area contributed by atoms with Crippen LogP contribution in [0.1, 0.15) is 18.9 Å². The molecule has 1 aromatic carbocycles. The van der Waals surface area contributed by atoms with Gasteiger partial charge in [0, 0.05) is 0 Å². The molecule has 100 valence electrons. The third kappa shape index (κ3) is 3.96. The van der Waals surface area contributed by atoms with E-state index in [9.17, 15) is 17.6 Å². The summed E-state index contributed by atoms with van der Waals surface area (Å²) in [7, 11) is -3.63. The molecule has 7 heteroatoms. The molecule has 0 aliphatic heterocycles. The van der Waals surface area contributed by atoms with Crippen molar-refractivity contribution in [2.45, 2.75) is 24.3 Å². The monoisotopic (exact) mass is 294 g/mol. The van der Waals surface area contributed by atoms with Crippen molar-refractivity contribution in [1.82, 2.24) is 0 Å². The Morgan fingerprint density at radius 1 is 1.50 bits per heavy atom. The Kier molecular flexibility index (Phi) is 4.70. The standard InChI is InChI=1S/C11H12ClFO4S/c1-7(4-11(14)15)18(16,17)6-8-2-3-9(12)10(13)5-8/h2-3,5,7H,4,6H2,1H3,(H,14,15). The van der Waals surface area contributed by atoms with Crippen molar-refractivity contribution in [2.75, 3.05) is 0 Å². The Bertz CT molecular complexity index is 556. The first kappa shape index (κ1) is 14.9. The number of rotatable bonds is 5. The predicted octanol–water partition coefficient (Wildman–Crippen LogP) is 2.26. The minimum absolute atomic E-state index is 0.0882. The van der Waals surface area contributed by atoms with Gasteiger partial charge in [0.1, 0.15) is 5.82 Å². The molecule has 1 rings (SSSR count). The van der Waals surface area contributed by atoms with Gasteiger partial charge in [0.25, 0.3) is 0 Å². The molecule has 0 aliphatic carbocycles. The molecular weight excluding hydrogens is 283 g/mol. The van der Waals surface area contributed by atoms with E-state index in [4.69, 9.17) is 16.7 Å². The number of hydrogen-bond acceptors (Lipinski definition) is 3. The number of carboxylic acids is 1. The zero-order chi connectivity index (χ0) is 13.9. The maximum Gasteiger partial charge on any atom is 0.304 e. The molecule has 0 spiro atoms. The van der Waals surface area contributed by atoms with Crippen LogP contribution in [0.2, 0.25) is 5.02 Å². The minimum atomic E-state index is -3.63. The first-order chi connectivity index (χ1) is 8.22. The lowest BCUT2D eigenvalue weighted by Gasteiger charge is -2.10. The summed E-state index contributed by atoms with van der Waals surface area (Å²) in [5.74, 6) is -2.29. The van der Waals surface area contributed by atoms with Crippen molar-refractivity contribution < 1.29 is 22.7 Å². The van der Waals surface area contributed by atoms with E-state index in [0.717, 1.165) is 6.07 Å². The van der Waals surface area contributed by atoms with Gasteiger partial charge in [0.05, 0.1) is 22.4 Å². The van der Waals surface area contributed by atoms with E-state index in [1.165, 1.54) is 19.1 Å². The van der Waals surface area contributed by atoms with Crippen LogP contribution >= 0.6 is 11.6 Å². The Morgan fingerprint density at radius 3 is 2.61 bits per heavy atom. The number of sulfone groups is 1. The van der Waals surface area contributed by atoms with Crippen LogP contribution in [-0.2, 0) is 20.4 Å². The molecule has 1 unspecified atom stereocenters. The highest BCUT2D eigenvalue weighted by Crippen LogP contribution is 2.19. The van der Waals surface area contributed by atoms with Crippen LogP contribution in [0.3, 0.4) is 0 Å². The van der Waals surface area contributed by atoms with E-state index < -0.39 is 39.0 Å². The van der Waals surface area contributed by atoms with Gasteiger partial charge in [-0.05, 0) is 24.6 Å². The molecule has 0 radical (unpaired) electrons. The average molecular weight is 295 g/mol. The number of carbonyl (C=O) groups is 1. The molecule has 0 saturated carbocycles. The van der Waals surface area contributed by atoms with Crippen LogP contribution in [0.25, 0.3) is 0 Å². The lowest BCUT2D eigenvalue weighted by molar-refractivity contribution is -0.136. The maximum atomic E-state index is 13.1. The minimum Gasteiger partial charge on any atom is -0.481 e. The summed E-state index contributed by atoms with van der Waals surface area (Å²) in [6.07, 6.45) is -0.474. The van der Waals surface area contributed by atoms with Crippen LogP contribution in [0.5, 0.6) is 0 Å². The first-order valence-corrected chi connectivity index (χ1v) is 7.19. The molecule has 1 N–H and O–H groups in total. The zero-order valence-electron chi connectivity index (χ0n) is 9.56. The van der Waals surface area contributed by atoms with Gasteiger partial charge in [-0.1, -0.05) is 17.7 Å². The molecule has 18 heavy (non-hydrogen) atoms. The van der Waals surface area contributed by atoms with Gasteiger partial charge in [-0.15, -0.1) is 0 Å². The van der Waals surface area contributed by atoms with E-state index >= 15 is 0 Å². The Morgan fingerprint density at radius 2 is 2.11 bits per heavy atom. The summed E-state index contributed by atoms with van der Waals surface area (Å²) >= 11 is 5.48. The van der Waals surface area contributed by atoms with Crippen molar-refractivity contribution in [3.63, 3.8) is 0 Å². The second-order valence-corrected chi connectivity index (χ2v) is 6.79. The van der Waals surface area contributed by atoms with E-state index in [0.29, 0.717) is 0 Å². The SMILES string of the molecule is CC(CC(=O)O)S(=O)(=O)Cc1ccc(Cl)c(F)c1. The summed E-state index contributed by atoms with van der Waals surface area (Å²) in [6, 6.07) is 3.70. The summed E-state index contributed by atoms with van der Waals surface area (Å²) in [4.78, 5) is 10.5. The molecule has 0 aromatic heterocycles. The molecule has 4 nitrogen and oxygen atoms in total. The molecule has 0 heterocycles. The fraction of sp³-hybridized carbons (Fsp3) is 0.364. The smallest absolute Gasteiger partial charge is 0.304 e. The average Bonchev–Trinajstić information content (AvgIpc) is 2.22. The lowest BCUT2D eigenvalue weighted by Crippen LogP contribution is -2.22. The Hall–Kier alpha value is -1.14. The van der Waals surface area contributed by atoms with Crippen LogP contribution in [0, 0.1) is 5.82 Å². The number of carboxylic acid groups (broad SMARTS) is 1. The topological polar surface area (TPSA) is 71.4 Å². The van der Waals surface area contributed by atoms with Crippen molar-refractivity contribution in [2.24, 2.45) is 0 Å². The van der Waals surface area contributed by atoms with Crippen molar-refractivity contribution in [3.05, 3.63) is 34.6 Å². The highest BCUT2D eigenvalue weighted by atomic mass is 35.5. The summed E-state index contributed by atoms with van der Waals surface area (Å²) in [6.45, 7) is 1.32. The molecule has 0 saturated heterocycles. The fourth-order valence-electron chi connectivity index (χ4n) is 1.38.